The third-order valence-electron chi connectivity index (χ3n) is 9.33. The Labute approximate surface area is 315 Å². The molecule has 10 nitrogen and oxygen atoms in total. The van der Waals surface area contributed by atoms with Gasteiger partial charge in [-0.15, -0.1) is 0 Å². The molecule has 54 heavy (non-hydrogen) atoms. The van der Waals surface area contributed by atoms with Crippen molar-refractivity contribution in [3.05, 3.63) is 167 Å². The van der Waals surface area contributed by atoms with Crippen molar-refractivity contribution in [3.63, 3.8) is 0 Å². The van der Waals surface area contributed by atoms with Crippen molar-refractivity contribution < 1.29 is 38.0 Å². The summed E-state index contributed by atoms with van der Waals surface area (Å²) in [6, 6.07) is 43.4. The highest BCUT2D eigenvalue weighted by molar-refractivity contribution is 5.94. The molecule has 0 aliphatic carbocycles. The van der Waals surface area contributed by atoms with Crippen LogP contribution in [0.5, 0.6) is 11.5 Å². The highest BCUT2D eigenvalue weighted by Crippen LogP contribution is 2.47. The second-order valence-electron chi connectivity index (χ2n) is 13.8. The molecule has 2 heterocycles. The van der Waals surface area contributed by atoms with Crippen molar-refractivity contribution in [2.24, 2.45) is 0 Å². The van der Waals surface area contributed by atoms with Gasteiger partial charge in [0.15, 0.2) is 17.7 Å². The van der Waals surface area contributed by atoms with Crippen LogP contribution >= 0.6 is 0 Å². The summed E-state index contributed by atoms with van der Waals surface area (Å²) in [6.45, 7) is 4.85. The third kappa shape index (κ3) is 8.98. The summed E-state index contributed by atoms with van der Waals surface area (Å²) in [6.07, 6.45) is -2.26. The fraction of sp³-hybridized carbons (Fsp3) is 0.273. The molecule has 0 aromatic heterocycles. The van der Waals surface area contributed by atoms with E-state index >= 15 is 0 Å². The topological polar surface area (TPSA) is 114 Å². The predicted molar refractivity (Wildman–Crippen MR) is 202 cm³/mol. The van der Waals surface area contributed by atoms with Crippen LogP contribution in [-0.2, 0) is 38.8 Å². The number of carbonyl (C=O) groups excluding carboxylic acids is 2. The van der Waals surface area contributed by atoms with Gasteiger partial charge in [-0.1, -0.05) is 91.0 Å². The highest BCUT2D eigenvalue weighted by Gasteiger charge is 2.66. The Morgan fingerprint density at radius 1 is 0.611 bits per heavy atom. The predicted octanol–water partition coefficient (Wildman–Crippen LogP) is 6.84. The zero-order valence-corrected chi connectivity index (χ0v) is 30.3. The number of ether oxygens (including phenoxy) is 6. The average Bonchev–Trinajstić information content (AvgIpc) is 3.64. The molecule has 2 amide bonds. The molecule has 7 rings (SSSR count). The van der Waals surface area contributed by atoms with Crippen molar-refractivity contribution >= 4 is 11.8 Å². The first-order chi connectivity index (χ1) is 26.3. The van der Waals surface area contributed by atoms with Gasteiger partial charge in [0.2, 0.25) is 0 Å². The summed E-state index contributed by atoms with van der Waals surface area (Å²) in [5.74, 6) is -0.302. The van der Waals surface area contributed by atoms with Gasteiger partial charge in [-0.2, -0.15) is 0 Å². The molecule has 4 atom stereocenters. The lowest BCUT2D eigenvalue weighted by atomic mass is 9.94. The Morgan fingerprint density at radius 3 is 1.57 bits per heavy atom. The first kappa shape index (κ1) is 36.8. The van der Waals surface area contributed by atoms with Crippen molar-refractivity contribution in [1.29, 1.82) is 0 Å². The Hall–Kier alpha value is -5.52. The molecule has 0 saturated carbocycles. The molecule has 10 heteroatoms. The van der Waals surface area contributed by atoms with Gasteiger partial charge in [0, 0.05) is 17.7 Å². The SMILES string of the molecule is CC1(C)O[C@@H]2C(CNC(=O)c3ccc(OCc4ccccc4)cc3)O[C@@H](OCc3ccccc3)[C@]2(CNC(=O)c2ccc(OCc3ccccc3)cc2)O1. The van der Waals surface area contributed by atoms with Crippen molar-refractivity contribution in [2.75, 3.05) is 13.1 Å². The van der Waals surface area contributed by atoms with E-state index in [0.717, 1.165) is 16.7 Å². The monoisotopic (exact) mass is 728 g/mol. The summed E-state index contributed by atoms with van der Waals surface area (Å²) in [5, 5.41) is 6.03. The molecule has 2 saturated heterocycles. The van der Waals surface area contributed by atoms with Crippen LogP contribution in [0.1, 0.15) is 51.3 Å². The van der Waals surface area contributed by atoms with E-state index in [-0.39, 0.29) is 31.5 Å². The van der Waals surface area contributed by atoms with Crippen LogP contribution in [0.4, 0.5) is 0 Å². The number of amides is 2. The Balaban J connectivity index is 1.02. The van der Waals surface area contributed by atoms with E-state index < -0.39 is 29.9 Å². The molecule has 278 valence electrons. The molecule has 5 aromatic carbocycles. The molecule has 2 N–H and O–H groups in total. The molecule has 1 unspecified atom stereocenters. The van der Waals surface area contributed by atoms with E-state index in [4.69, 9.17) is 28.4 Å². The summed E-state index contributed by atoms with van der Waals surface area (Å²) in [7, 11) is 0. The quantitative estimate of drug-likeness (QED) is 0.121. The maximum Gasteiger partial charge on any atom is 0.251 e. The fourth-order valence-corrected chi connectivity index (χ4v) is 6.67. The number of hydrogen-bond donors (Lipinski definition) is 2. The van der Waals surface area contributed by atoms with Gasteiger partial charge >= 0.3 is 0 Å². The molecular formula is C44H44N2O8. The lowest BCUT2D eigenvalue weighted by molar-refractivity contribution is -0.260. The number of carbonyl (C=O) groups is 2. The highest BCUT2D eigenvalue weighted by atomic mass is 16.8. The van der Waals surface area contributed by atoms with Crippen LogP contribution in [0.25, 0.3) is 0 Å². The third-order valence-corrected chi connectivity index (χ3v) is 9.33. The van der Waals surface area contributed by atoms with E-state index in [0.29, 0.717) is 35.8 Å². The van der Waals surface area contributed by atoms with Gasteiger partial charge < -0.3 is 39.1 Å². The number of hydrogen-bond acceptors (Lipinski definition) is 8. The van der Waals surface area contributed by atoms with Gasteiger partial charge in [-0.25, -0.2) is 0 Å². The van der Waals surface area contributed by atoms with E-state index in [2.05, 4.69) is 10.6 Å². The molecule has 5 aromatic rings. The van der Waals surface area contributed by atoms with Gasteiger partial charge in [0.05, 0.1) is 13.2 Å². The minimum Gasteiger partial charge on any atom is -0.489 e. The minimum absolute atomic E-state index is 0.0283. The van der Waals surface area contributed by atoms with Gasteiger partial charge in [-0.3, -0.25) is 9.59 Å². The van der Waals surface area contributed by atoms with Crippen LogP contribution in [0, 0.1) is 0 Å². The zero-order valence-electron chi connectivity index (χ0n) is 30.3. The molecule has 2 aliphatic heterocycles. The molecule has 0 bridgehead atoms. The average molecular weight is 729 g/mol. The molecular weight excluding hydrogens is 684 g/mol. The molecule has 2 aliphatic rings. The second-order valence-corrected chi connectivity index (χ2v) is 13.8. The van der Waals surface area contributed by atoms with Crippen molar-refractivity contribution in [3.8, 4) is 11.5 Å². The van der Waals surface area contributed by atoms with Crippen LogP contribution in [0.2, 0.25) is 0 Å². The minimum atomic E-state index is -1.22. The largest absolute Gasteiger partial charge is 0.489 e. The van der Waals surface area contributed by atoms with Gasteiger partial charge in [0.25, 0.3) is 11.8 Å². The first-order valence-electron chi connectivity index (χ1n) is 18.1. The van der Waals surface area contributed by atoms with Crippen molar-refractivity contribution in [1.82, 2.24) is 10.6 Å². The second kappa shape index (κ2) is 16.7. The number of fused-ring (bicyclic) bond motifs is 1. The Morgan fingerprint density at radius 2 is 1.07 bits per heavy atom. The van der Waals surface area contributed by atoms with Gasteiger partial charge in [-0.05, 0) is 79.1 Å². The maximum absolute atomic E-state index is 13.5. The van der Waals surface area contributed by atoms with E-state index in [9.17, 15) is 9.59 Å². The number of nitrogens with one attached hydrogen (secondary N) is 2. The lowest BCUT2D eigenvalue weighted by Gasteiger charge is -2.33. The summed E-state index contributed by atoms with van der Waals surface area (Å²) in [4.78, 5) is 26.8. The number of benzene rings is 5. The lowest BCUT2D eigenvalue weighted by Crippen LogP contribution is -2.56. The fourth-order valence-electron chi connectivity index (χ4n) is 6.67. The normalized spacial score (nSPS) is 21.2. The van der Waals surface area contributed by atoms with Crippen LogP contribution in [0.15, 0.2) is 140 Å². The molecule has 0 radical (unpaired) electrons. The Bertz CT molecular complexity index is 1980. The Kier molecular flexibility index (Phi) is 11.4. The van der Waals surface area contributed by atoms with E-state index in [1.165, 1.54) is 0 Å². The number of rotatable bonds is 15. The molecule has 0 spiro atoms. The van der Waals surface area contributed by atoms with E-state index in [1.807, 2.05) is 105 Å². The summed E-state index contributed by atoms with van der Waals surface area (Å²) < 4.78 is 37.7. The van der Waals surface area contributed by atoms with E-state index in [1.54, 1.807) is 48.5 Å². The summed E-state index contributed by atoms with van der Waals surface area (Å²) in [5.41, 5.74) is 2.74. The smallest absolute Gasteiger partial charge is 0.251 e. The zero-order chi connectivity index (χ0) is 37.4. The van der Waals surface area contributed by atoms with Gasteiger partial charge in [0.1, 0.15) is 36.9 Å². The standard InChI is InChI=1S/C44H44N2O8/c1-43(2)53-39-38(26-45-40(47)34-18-22-36(23-19-34)49-27-31-12-6-3-7-13-31)52-42(51-29-33-16-10-5-11-17-33)44(39,54-43)30-46-41(48)35-20-24-37(25-21-35)50-28-32-14-8-4-9-15-32/h3-25,38-39,42H,26-30H2,1-2H3,(H,45,47)(H,46,48)/t38?,39-,42-,44-/m1/s1. The van der Waals surface area contributed by atoms with Crippen LogP contribution in [0.3, 0.4) is 0 Å². The van der Waals surface area contributed by atoms with Crippen LogP contribution in [-0.4, -0.2) is 54.8 Å². The van der Waals surface area contributed by atoms with Crippen LogP contribution < -0.4 is 20.1 Å². The first-order valence-corrected chi connectivity index (χ1v) is 18.1. The van der Waals surface area contributed by atoms with Crippen molar-refractivity contribution in [2.45, 2.75) is 63.6 Å². The summed E-state index contributed by atoms with van der Waals surface area (Å²) >= 11 is 0. The maximum atomic E-state index is 13.5. The molecule has 2 fully saturated rings.